The standard InChI is InChI=1S/C14H24N2/c1-5-10(2)9-14(16-15)13-7-6-11(3)8-12(13)4/h6-8,10,14,16H,5,9,15H2,1-4H3. The number of nitrogens with one attached hydrogen (secondary N) is 1. The van der Waals surface area contributed by atoms with Gasteiger partial charge in [-0.25, -0.2) is 0 Å². The fraction of sp³-hybridized carbons (Fsp3) is 0.571. The lowest BCUT2D eigenvalue weighted by atomic mass is 9.91. The molecule has 2 unspecified atom stereocenters. The molecular formula is C14H24N2. The summed E-state index contributed by atoms with van der Waals surface area (Å²) in [6.07, 6.45) is 2.29. The number of benzene rings is 1. The van der Waals surface area contributed by atoms with Crippen LogP contribution in [0.25, 0.3) is 0 Å². The van der Waals surface area contributed by atoms with Crippen LogP contribution in [0, 0.1) is 19.8 Å². The molecule has 0 radical (unpaired) electrons. The van der Waals surface area contributed by atoms with Crippen molar-refractivity contribution in [3.63, 3.8) is 0 Å². The molecule has 0 heterocycles. The molecule has 16 heavy (non-hydrogen) atoms. The van der Waals surface area contributed by atoms with Gasteiger partial charge in [0.1, 0.15) is 0 Å². The molecule has 0 aromatic heterocycles. The van der Waals surface area contributed by atoms with Crippen LogP contribution in [0.3, 0.4) is 0 Å². The Hall–Kier alpha value is -0.860. The summed E-state index contributed by atoms with van der Waals surface area (Å²) in [5, 5.41) is 0. The van der Waals surface area contributed by atoms with Crippen LogP contribution in [0.2, 0.25) is 0 Å². The second kappa shape index (κ2) is 6.02. The van der Waals surface area contributed by atoms with Crippen LogP contribution in [0.4, 0.5) is 0 Å². The molecule has 1 aromatic carbocycles. The summed E-state index contributed by atoms with van der Waals surface area (Å²) >= 11 is 0. The molecule has 3 N–H and O–H groups in total. The third-order valence-electron chi connectivity index (χ3n) is 3.34. The van der Waals surface area contributed by atoms with Gasteiger partial charge in [0.05, 0.1) is 0 Å². The number of rotatable bonds is 5. The van der Waals surface area contributed by atoms with E-state index in [2.05, 4.69) is 51.3 Å². The molecule has 2 heteroatoms. The van der Waals surface area contributed by atoms with Gasteiger partial charge in [-0.3, -0.25) is 11.3 Å². The maximum atomic E-state index is 5.66. The number of hydrogen-bond acceptors (Lipinski definition) is 2. The van der Waals surface area contributed by atoms with Gasteiger partial charge in [0.2, 0.25) is 0 Å². The van der Waals surface area contributed by atoms with Crippen LogP contribution >= 0.6 is 0 Å². The van der Waals surface area contributed by atoms with Gasteiger partial charge in [-0.15, -0.1) is 0 Å². The first-order valence-corrected chi connectivity index (χ1v) is 6.11. The summed E-state index contributed by atoms with van der Waals surface area (Å²) in [4.78, 5) is 0. The third-order valence-corrected chi connectivity index (χ3v) is 3.34. The summed E-state index contributed by atoms with van der Waals surface area (Å²) in [5.74, 6) is 6.36. The Bertz CT molecular complexity index is 334. The Balaban J connectivity index is 2.86. The molecular weight excluding hydrogens is 196 g/mol. The number of nitrogens with two attached hydrogens (primary N) is 1. The Kier molecular flexibility index (Phi) is 4.97. The van der Waals surface area contributed by atoms with Gasteiger partial charge in [0, 0.05) is 6.04 Å². The molecule has 90 valence electrons. The maximum Gasteiger partial charge on any atom is 0.0465 e. The first kappa shape index (κ1) is 13.2. The zero-order valence-corrected chi connectivity index (χ0v) is 10.9. The van der Waals surface area contributed by atoms with Crippen molar-refractivity contribution in [3.05, 3.63) is 34.9 Å². The summed E-state index contributed by atoms with van der Waals surface area (Å²) in [6, 6.07) is 6.84. The molecule has 0 spiro atoms. The molecule has 2 nitrogen and oxygen atoms in total. The van der Waals surface area contributed by atoms with Crippen molar-refractivity contribution < 1.29 is 0 Å². The van der Waals surface area contributed by atoms with E-state index >= 15 is 0 Å². The van der Waals surface area contributed by atoms with Crippen LogP contribution < -0.4 is 11.3 Å². The Labute approximate surface area is 99.2 Å². The van der Waals surface area contributed by atoms with Crippen molar-refractivity contribution in [3.8, 4) is 0 Å². The molecule has 0 bridgehead atoms. The average molecular weight is 220 g/mol. The highest BCUT2D eigenvalue weighted by Gasteiger charge is 2.14. The van der Waals surface area contributed by atoms with E-state index in [4.69, 9.17) is 5.84 Å². The molecule has 0 aliphatic rings. The Morgan fingerprint density at radius 3 is 2.50 bits per heavy atom. The lowest BCUT2D eigenvalue weighted by molar-refractivity contribution is 0.407. The average Bonchev–Trinajstić information content (AvgIpc) is 2.26. The lowest BCUT2D eigenvalue weighted by Gasteiger charge is -2.21. The van der Waals surface area contributed by atoms with E-state index in [1.807, 2.05) is 0 Å². The number of hydrazine groups is 1. The van der Waals surface area contributed by atoms with Crippen LogP contribution in [0.15, 0.2) is 18.2 Å². The first-order chi connectivity index (χ1) is 7.58. The predicted molar refractivity (Wildman–Crippen MR) is 70.1 cm³/mol. The molecule has 2 atom stereocenters. The Morgan fingerprint density at radius 2 is 2.00 bits per heavy atom. The smallest absolute Gasteiger partial charge is 0.0465 e. The second-order valence-electron chi connectivity index (χ2n) is 4.83. The van der Waals surface area contributed by atoms with Gasteiger partial charge in [0.25, 0.3) is 0 Å². The molecule has 0 aliphatic heterocycles. The minimum Gasteiger partial charge on any atom is -0.271 e. The van der Waals surface area contributed by atoms with Gasteiger partial charge >= 0.3 is 0 Å². The van der Waals surface area contributed by atoms with Gasteiger partial charge in [-0.05, 0) is 37.3 Å². The minimum absolute atomic E-state index is 0.274. The number of hydrogen-bond donors (Lipinski definition) is 2. The summed E-state index contributed by atoms with van der Waals surface area (Å²) in [7, 11) is 0. The van der Waals surface area contributed by atoms with Crippen molar-refractivity contribution in [1.29, 1.82) is 0 Å². The third kappa shape index (κ3) is 3.32. The molecule has 0 fully saturated rings. The zero-order valence-electron chi connectivity index (χ0n) is 10.9. The van der Waals surface area contributed by atoms with Gasteiger partial charge < -0.3 is 0 Å². The molecule has 0 amide bonds. The predicted octanol–water partition coefficient (Wildman–Crippen LogP) is 3.24. The monoisotopic (exact) mass is 220 g/mol. The quantitative estimate of drug-likeness (QED) is 0.590. The molecule has 1 aromatic rings. The molecule has 1 rings (SSSR count). The van der Waals surface area contributed by atoms with Crippen molar-refractivity contribution >= 4 is 0 Å². The van der Waals surface area contributed by atoms with Crippen molar-refractivity contribution in [1.82, 2.24) is 5.43 Å². The van der Waals surface area contributed by atoms with E-state index in [0.717, 1.165) is 6.42 Å². The highest BCUT2D eigenvalue weighted by Crippen LogP contribution is 2.25. The molecule has 0 aliphatic carbocycles. The van der Waals surface area contributed by atoms with Gasteiger partial charge in [-0.2, -0.15) is 0 Å². The van der Waals surface area contributed by atoms with Crippen molar-refractivity contribution in [2.24, 2.45) is 11.8 Å². The normalized spacial score (nSPS) is 14.8. The SMILES string of the molecule is CCC(C)CC(NN)c1ccc(C)cc1C. The molecule has 0 saturated carbocycles. The van der Waals surface area contributed by atoms with Gasteiger partial charge in [0.15, 0.2) is 0 Å². The van der Waals surface area contributed by atoms with Crippen LogP contribution in [-0.2, 0) is 0 Å². The minimum atomic E-state index is 0.274. The van der Waals surface area contributed by atoms with E-state index in [9.17, 15) is 0 Å². The fourth-order valence-corrected chi connectivity index (χ4v) is 2.07. The lowest BCUT2D eigenvalue weighted by Crippen LogP contribution is -2.29. The topological polar surface area (TPSA) is 38.0 Å². The maximum absolute atomic E-state index is 5.66. The fourth-order valence-electron chi connectivity index (χ4n) is 2.07. The van der Waals surface area contributed by atoms with Crippen LogP contribution in [0.1, 0.15) is 49.4 Å². The van der Waals surface area contributed by atoms with E-state index < -0.39 is 0 Å². The largest absolute Gasteiger partial charge is 0.271 e. The van der Waals surface area contributed by atoms with E-state index in [1.54, 1.807) is 0 Å². The van der Waals surface area contributed by atoms with Crippen LogP contribution in [0.5, 0.6) is 0 Å². The van der Waals surface area contributed by atoms with Gasteiger partial charge in [-0.1, -0.05) is 44.0 Å². The highest BCUT2D eigenvalue weighted by atomic mass is 15.2. The number of aryl methyl sites for hydroxylation is 2. The first-order valence-electron chi connectivity index (χ1n) is 6.11. The summed E-state index contributed by atoms with van der Waals surface area (Å²) < 4.78 is 0. The van der Waals surface area contributed by atoms with Crippen molar-refractivity contribution in [2.45, 2.75) is 46.6 Å². The zero-order chi connectivity index (χ0) is 12.1. The van der Waals surface area contributed by atoms with E-state index in [1.165, 1.54) is 23.1 Å². The summed E-state index contributed by atoms with van der Waals surface area (Å²) in [5.41, 5.74) is 6.90. The Morgan fingerprint density at radius 1 is 1.31 bits per heavy atom. The highest BCUT2D eigenvalue weighted by molar-refractivity contribution is 5.32. The van der Waals surface area contributed by atoms with Crippen molar-refractivity contribution in [2.75, 3.05) is 0 Å². The molecule has 0 saturated heterocycles. The summed E-state index contributed by atoms with van der Waals surface area (Å²) in [6.45, 7) is 8.77. The second-order valence-corrected chi connectivity index (χ2v) is 4.83. The van der Waals surface area contributed by atoms with E-state index in [0.29, 0.717) is 5.92 Å². The van der Waals surface area contributed by atoms with Crippen LogP contribution in [-0.4, -0.2) is 0 Å². The van der Waals surface area contributed by atoms with E-state index in [-0.39, 0.29) is 6.04 Å².